The zero-order chi connectivity index (χ0) is 13.7. The molecule has 0 aromatic heterocycles. The highest BCUT2D eigenvalue weighted by molar-refractivity contribution is 7.84. The maximum Gasteiger partial charge on any atom is 0.248 e. The van der Waals surface area contributed by atoms with E-state index >= 15 is 0 Å². The highest BCUT2D eigenvalue weighted by Gasteiger charge is 2.09. The molecular weight excluding hydrogens is 255 g/mol. The third-order valence-electron chi connectivity index (χ3n) is 2.46. The molecular formula is C12H17FN2O2S. The SMILES string of the molecule is CC(CS(C)=O)NCc1cc(C(N)=O)ccc1F. The quantitative estimate of drug-likeness (QED) is 0.804. The number of carbonyl (C=O) groups excluding carboxylic acids is 1. The van der Waals surface area contributed by atoms with Crippen LogP contribution in [0.15, 0.2) is 18.2 Å². The third kappa shape index (κ3) is 4.54. The van der Waals surface area contributed by atoms with Gasteiger partial charge in [0.25, 0.3) is 0 Å². The lowest BCUT2D eigenvalue weighted by Crippen LogP contribution is -2.30. The molecule has 2 atom stereocenters. The van der Waals surface area contributed by atoms with Crippen molar-refractivity contribution in [2.24, 2.45) is 5.73 Å². The van der Waals surface area contributed by atoms with Crippen molar-refractivity contribution in [3.63, 3.8) is 0 Å². The fraction of sp³-hybridized carbons (Fsp3) is 0.417. The maximum absolute atomic E-state index is 13.5. The minimum absolute atomic E-state index is 0.00691. The summed E-state index contributed by atoms with van der Waals surface area (Å²) in [5.74, 6) is -0.479. The van der Waals surface area contributed by atoms with Gasteiger partial charge in [-0.15, -0.1) is 0 Å². The van der Waals surface area contributed by atoms with E-state index in [1.165, 1.54) is 18.2 Å². The van der Waals surface area contributed by atoms with Crippen LogP contribution in [0.4, 0.5) is 4.39 Å². The van der Waals surface area contributed by atoms with Gasteiger partial charge in [-0.1, -0.05) is 0 Å². The zero-order valence-corrected chi connectivity index (χ0v) is 11.2. The number of rotatable bonds is 6. The van der Waals surface area contributed by atoms with Crippen LogP contribution in [0.5, 0.6) is 0 Å². The number of nitrogens with two attached hydrogens (primary N) is 1. The molecule has 18 heavy (non-hydrogen) atoms. The first-order valence-electron chi connectivity index (χ1n) is 5.51. The molecule has 1 rings (SSSR count). The molecule has 0 fully saturated rings. The van der Waals surface area contributed by atoms with Crippen molar-refractivity contribution in [1.82, 2.24) is 5.32 Å². The van der Waals surface area contributed by atoms with Gasteiger partial charge in [0, 0.05) is 46.5 Å². The summed E-state index contributed by atoms with van der Waals surface area (Å²) in [6.07, 6.45) is 1.62. The summed E-state index contributed by atoms with van der Waals surface area (Å²) in [4.78, 5) is 11.0. The highest BCUT2D eigenvalue weighted by atomic mass is 32.2. The van der Waals surface area contributed by atoms with Gasteiger partial charge in [0.15, 0.2) is 0 Å². The lowest BCUT2D eigenvalue weighted by atomic mass is 10.1. The van der Waals surface area contributed by atoms with Gasteiger partial charge < -0.3 is 11.1 Å². The van der Waals surface area contributed by atoms with Gasteiger partial charge in [-0.2, -0.15) is 0 Å². The van der Waals surface area contributed by atoms with Crippen LogP contribution < -0.4 is 11.1 Å². The molecule has 0 bridgehead atoms. The van der Waals surface area contributed by atoms with Gasteiger partial charge in [0.1, 0.15) is 5.82 Å². The predicted octanol–water partition coefficient (Wildman–Crippen LogP) is 0.781. The van der Waals surface area contributed by atoms with Crippen molar-refractivity contribution in [1.29, 1.82) is 0 Å². The molecule has 0 radical (unpaired) electrons. The van der Waals surface area contributed by atoms with E-state index in [0.29, 0.717) is 11.3 Å². The van der Waals surface area contributed by atoms with E-state index < -0.39 is 22.5 Å². The summed E-state index contributed by atoms with van der Waals surface area (Å²) >= 11 is 0. The normalized spacial score (nSPS) is 14.2. The van der Waals surface area contributed by atoms with Gasteiger partial charge in [-0.05, 0) is 25.1 Å². The largest absolute Gasteiger partial charge is 0.366 e. The average molecular weight is 272 g/mol. The average Bonchev–Trinajstić information content (AvgIpc) is 2.26. The monoisotopic (exact) mass is 272 g/mol. The Kier molecular flexibility index (Phi) is 5.43. The highest BCUT2D eigenvalue weighted by Crippen LogP contribution is 2.10. The van der Waals surface area contributed by atoms with Crippen LogP contribution in [0.3, 0.4) is 0 Å². The van der Waals surface area contributed by atoms with E-state index in [2.05, 4.69) is 5.32 Å². The second-order valence-electron chi connectivity index (χ2n) is 4.19. The fourth-order valence-electron chi connectivity index (χ4n) is 1.56. The van der Waals surface area contributed by atoms with E-state index in [4.69, 9.17) is 5.73 Å². The summed E-state index contributed by atoms with van der Waals surface area (Å²) in [6, 6.07) is 4.01. The van der Waals surface area contributed by atoms with Crippen LogP contribution in [-0.2, 0) is 17.3 Å². The Balaban J connectivity index is 2.69. The Morgan fingerprint density at radius 2 is 2.22 bits per heavy atom. The molecule has 0 heterocycles. The van der Waals surface area contributed by atoms with Gasteiger partial charge in [-0.25, -0.2) is 4.39 Å². The molecule has 6 heteroatoms. The van der Waals surface area contributed by atoms with Gasteiger partial charge >= 0.3 is 0 Å². The van der Waals surface area contributed by atoms with Gasteiger partial charge in [0.05, 0.1) is 0 Å². The number of primary amides is 1. The number of hydrogen-bond donors (Lipinski definition) is 2. The van der Waals surface area contributed by atoms with E-state index in [9.17, 15) is 13.4 Å². The van der Waals surface area contributed by atoms with E-state index in [1.807, 2.05) is 6.92 Å². The Labute approximate surface area is 108 Å². The van der Waals surface area contributed by atoms with Gasteiger partial charge in [0.2, 0.25) is 5.91 Å². The smallest absolute Gasteiger partial charge is 0.248 e. The predicted molar refractivity (Wildman–Crippen MR) is 70.2 cm³/mol. The summed E-state index contributed by atoms with van der Waals surface area (Å²) < 4.78 is 24.5. The number of halogens is 1. The van der Waals surface area contributed by atoms with Crippen molar-refractivity contribution >= 4 is 16.7 Å². The van der Waals surface area contributed by atoms with Crippen LogP contribution in [-0.4, -0.2) is 28.2 Å². The summed E-state index contributed by atoms with van der Waals surface area (Å²) in [5, 5.41) is 3.05. The van der Waals surface area contributed by atoms with Crippen LogP contribution in [0.25, 0.3) is 0 Å². The molecule has 0 saturated heterocycles. The number of hydrogen-bond acceptors (Lipinski definition) is 3. The molecule has 1 aromatic carbocycles. The topological polar surface area (TPSA) is 72.2 Å². The molecule has 1 aromatic rings. The van der Waals surface area contributed by atoms with Crippen molar-refractivity contribution in [3.8, 4) is 0 Å². The Hall–Kier alpha value is -1.27. The summed E-state index contributed by atoms with van der Waals surface area (Å²) in [7, 11) is -0.901. The summed E-state index contributed by atoms with van der Waals surface area (Å²) in [5.41, 5.74) is 5.79. The molecule has 4 nitrogen and oxygen atoms in total. The summed E-state index contributed by atoms with van der Waals surface area (Å²) in [6.45, 7) is 2.14. The molecule has 2 unspecified atom stereocenters. The Morgan fingerprint density at radius 1 is 1.56 bits per heavy atom. The maximum atomic E-state index is 13.5. The van der Waals surface area contributed by atoms with E-state index in [-0.39, 0.29) is 18.2 Å². The number of carbonyl (C=O) groups is 1. The lowest BCUT2D eigenvalue weighted by molar-refractivity contribution is 0.1000. The Morgan fingerprint density at radius 3 is 2.78 bits per heavy atom. The molecule has 3 N–H and O–H groups in total. The molecule has 100 valence electrons. The number of benzene rings is 1. The van der Waals surface area contributed by atoms with E-state index in [0.717, 1.165) is 0 Å². The minimum Gasteiger partial charge on any atom is -0.366 e. The lowest BCUT2D eigenvalue weighted by Gasteiger charge is -2.13. The molecule has 0 saturated carbocycles. The van der Waals surface area contributed by atoms with Crippen molar-refractivity contribution in [3.05, 3.63) is 35.1 Å². The minimum atomic E-state index is -0.901. The molecule has 1 amide bonds. The molecule has 0 aliphatic rings. The van der Waals surface area contributed by atoms with Crippen molar-refractivity contribution < 1.29 is 13.4 Å². The molecule has 0 aliphatic carbocycles. The first kappa shape index (κ1) is 14.8. The third-order valence-corrected chi connectivity index (χ3v) is 3.43. The standard InChI is InChI=1S/C12H17FN2O2S/c1-8(7-18(2)17)15-6-10-5-9(12(14)16)3-4-11(10)13/h3-5,8,15H,6-7H2,1-2H3,(H2,14,16). The van der Waals surface area contributed by atoms with Crippen LogP contribution in [0.1, 0.15) is 22.8 Å². The van der Waals surface area contributed by atoms with Crippen molar-refractivity contribution in [2.45, 2.75) is 19.5 Å². The second kappa shape index (κ2) is 6.61. The zero-order valence-electron chi connectivity index (χ0n) is 10.4. The van der Waals surface area contributed by atoms with Crippen LogP contribution >= 0.6 is 0 Å². The van der Waals surface area contributed by atoms with Crippen LogP contribution in [0.2, 0.25) is 0 Å². The fourth-order valence-corrected chi connectivity index (χ4v) is 2.38. The van der Waals surface area contributed by atoms with Crippen LogP contribution in [0, 0.1) is 5.82 Å². The first-order chi connectivity index (χ1) is 8.40. The number of nitrogens with one attached hydrogen (secondary N) is 1. The second-order valence-corrected chi connectivity index (χ2v) is 5.67. The van der Waals surface area contributed by atoms with Crippen molar-refractivity contribution in [2.75, 3.05) is 12.0 Å². The van der Waals surface area contributed by atoms with Gasteiger partial charge in [-0.3, -0.25) is 9.00 Å². The Bertz CT molecular complexity index is 465. The molecule has 0 spiro atoms. The first-order valence-corrected chi connectivity index (χ1v) is 7.24. The number of amides is 1. The molecule has 0 aliphatic heterocycles. The van der Waals surface area contributed by atoms with E-state index in [1.54, 1.807) is 6.26 Å².